The third kappa shape index (κ3) is 6.95. The van der Waals surface area contributed by atoms with Gasteiger partial charge in [0, 0.05) is 39.3 Å². The molecule has 1 aliphatic rings. The molecule has 0 radical (unpaired) electrons. The third-order valence-electron chi connectivity index (χ3n) is 3.30. The summed E-state index contributed by atoms with van der Waals surface area (Å²) in [5.74, 6) is 0. The minimum Gasteiger partial charge on any atom is -0.330 e. The van der Waals surface area contributed by atoms with Crippen molar-refractivity contribution in [3.05, 3.63) is 0 Å². The second-order valence-corrected chi connectivity index (χ2v) is 4.72. The predicted molar refractivity (Wildman–Crippen MR) is 73.1 cm³/mol. The SMILES string of the molecule is NCCCN1CCNCCN(CCCN)CC1. The summed E-state index contributed by atoms with van der Waals surface area (Å²) in [7, 11) is 0. The minimum atomic E-state index is 0.792. The number of nitrogens with zero attached hydrogens (tertiary/aromatic N) is 2. The van der Waals surface area contributed by atoms with E-state index in [1.165, 1.54) is 0 Å². The summed E-state index contributed by atoms with van der Waals surface area (Å²) in [6.07, 6.45) is 2.20. The molecule has 0 bridgehead atoms. The first-order valence-electron chi connectivity index (χ1n) is 6.92. The van der Waals surface area contributed by atoms with Crippen LogP contribution in [0.1, 0.15) is 12.8 Å². The fourth-order valence-electron chi connectivity index (χ4n) is 2.18. The van der Waals surface area contributed by atoms with Crippen LogP contribution in [0.5, 0.6) is 0 Å². The van der Waals surface area contributed by atoms with Crippen molar-refractivity contribution in [2.75, 3.05) is 65.4 Å². The van der Waals surface area contributed by atoms with Crippen LogP contribution in [0.2, 0.25) is 0 Å². The first-order valence-corrected chi connectivity index (χ1v) is 6.92. The molecular weight excluding hydrogens is 214 g/mol. The van der Waals surface area contributed by atoms with E-state index in [4.69, 9.17) is 11.5 Å². The average molecular weight is 243 g/mol. The van der Waals surface area contributed by atoms with E-state index >= 15 is 0 Å². The van der Waals surface area contributed by atoms with Crippen LogP contribution < -0.4 is 16.8 Å². The van der Waals surface area contributed by atoms with Gasteiger partial charge < -0.3 is 26.6 Å². The molecule has 0 amide bonds. The van der Waals surface area contributed by atoms with Gasteiger partial charge in [0.2, 0.25) is 0 Å². The first kappa shape index (κ1) is 14.9. The van der Waals surface area contributed by atoms with Crippen molar-refractivity contribution >= 4 is 0 Å². The molecule has 0 aliphatic carbocycles. The Kier molecular flexibility index (Phi) is 8.56. The molecule has 0 unspecified atom stereocenters. The Morgan fingerprint density at radius 3 is 1.65 bits per heavy atom. The van der Waals surface area contributed by atoms with Crippen molar-refractivity contribution in [1.29, 1.82) is 0 Å². The molecule has 1 rings (SSSR count). The van der Waals surface area contributed by atoms with E-state index in [1.54, 1.807) is 0 Å². The number of rotatable bonds is 6. The number of nitrogens with two attached hydrogens (primary N) is 2. The largest absolute Gasteiger partial charge is 0.330 e. The molecule has 102 valence electrons. The Bertz CT molecular complexity index is 158. The van der Waals surface area contributed by atoms with Crippen LogP contribution in [-0.2, 0) is 0 Å². The van der Waals surface area contributed by atoms with Gasteiger partial charge in [0.1, 0.15) is 0 Å². The van der Waals surface area contributed by atoms with E-state index in [9.17, 15) is 0 Å². The van der Waals surface area contributed by atoms with E-state index in [0.29, 0.717) is 0 Å². The summed E-state index contributed by atoms with van der Waals surface area (Å²) in [6.45, 7) is 10.6. The highest BCUT2D eigenvalue weighted by Crippen LogP contribution is 1.97. The highest BCUT2D eigenvalue weighted by Gasteiger charge is 2.10. The Morgan fingerprint density at radius 1 is 0.765 bits per heavy atom. The summed E-state index contributed by atoms with van der Waals surface area (Å²) in [5, 5.41) is 3.49. The van der Waals surface area contributed by atoms with Crippen molar-refractivity contribution < 1.29 is 0 Å². The average Bonchev–Trinajstić information content (AvgIpc) is 2.46. The van der Waals surface area contributed by atoms with Gasteiger partial charge in [0.05, 0.1) is 0 Å². The Morgan fingerprint density at radius 2 is 1.24 bits per heavy atom. The molecule has 1 fully saturated rings. The summed E-state index contributed by atoms with van der Waals surface area (Å²) in [6, 6.07) is 0. The van der Waals surface area contributed by atoms with Crippen LogP contribution >= 0.6 is 0 Å². The molecule has 5 heteroatoms. The zero-order valence-corrected chi connectivity index (χ0v) is 11.0. The van der Waals surface area contributed by atoms with E-state index in [-0.39, 0.29) is 0 Å². The van der Waals surface area contributed by atoms with Crippen molar-refractivity contribution in [2.45, 2.75) is 12.8 Å². The highest BCUT2D eigenvalue weighted by atomic mass is 15.2. The summed E-state index contributed by atoms with van der Waals surface area (Å²) < 4.78 is 0. The molecule has 1 saturated heterocycles. The molecule has 1 aliphatic heterocycles. The van der Waals surface area contributed by atoms with Crippen LogP contribution in [0.3, 0.4) is 0 Å². The predicted octanol–water partition coefficient (Wildman–Crippen LogP) is -1.11. The van der Waals surface area contributed by atoms with Gasteiger partial charge >= 0.3 is 0 Å². The summed E-state index contributed by atoms with van der Waals surface area (Å²) >= 11 is 0. The molecule has 0 aromatic carbocycles. The maximum absolute atomic E-state index is 5.57. The molecule has 5 nitrogen and oxygen atoms in total. The molecule has 0 spiro atoms. The number of hydrogen-bond donors (Lipinski definition) is 3. The fraction of sp³-hybridized carbons (Fsp3) is 1.00. The molecular formula is C12H29N5. The zero-order chi connectivity index (χ0) is 12.3. The normalized spacial score (nSPS) is 20.8. The third-order valence-corrected chi connectivity index (χ3v) is 3.30. The Balaban J connectivity index is 2.29. The van der Waals surface area contributed by atoms with Gasteiger partial charge in [-0.3, -0.25) is 0 Å². The maximum atomic E-state index is 5.57. The second-order valence-electron chi connectivity index (χ2n) is 4.72. The van der Waals surface area contributed by atoms with E-state index in [0.717, 1.165) is 78.3 Å². The van der Waals surface area contributed by atoms with E-state index in [2.05, 4.69) is 15.1 Å². The van der Waals surface area contributed by atoms with Gasteiger partial charge in [-0.2, -0.15) is 0 Å². The topological polar surface area (TPSA) is 70.5 Å². The number of nitrogens with one attached hydrogen (secondary N) is 1. The molecule has 1 heterocycles. The Hall–Kier alpha value is -0.200. The highest BCUT2D eigenvalue weighted by molar-refractivity contribution is 4.69. The smallest absolute Gasteiger partial charge is 0.0110 e. The summed E-state index contributed by atoms with van der Waals surface area (Å²) in [5.41, 5.74) is 11.1. The van der Waals surface area contributed by atoms with Crippen molar-refractivity contribution in [1.82, 2.24) is 15.1 Å². The second kappa shape index (κ2) is 9.79. The summed E-state index contributed by atoms with van der Waals surface area (Å²) in [4.78, 5) is 5.03. The molecule has 5 N–H and O–H groups in total. The first-order chi connectivity index (χ1) is 8.36. The maximum Gasteiger partial charge on any atom is 0.0110 e. The molecule has 0 aromatic heterocycles. The standard InChI is InChI=1S/C12H29N5/c13-3-1-7-16-9-5-15-6-10-17(12-11-16)8-2-4-14/h15H,1-14H2. The van der Waals surface area contributed by atoms with Gasteiger partial charge in [-0.15, -0.1) is 0 Å². The van der Waals surface area contributed by atoms with Gasteiger partial charge in [0.25, 0.3) is 0 Å². The molecule has 17 heavy (non-hydrogen) atoms. The minimum absolute atomic E-state index is 0.792. The van der Waals surface area contributed by atoms with Crippen molar-refractivity contribution in [2.24, 2.45) is 11.5 Å². The molecule has 0 aromatic rings. The van der Waals surface area contributed by atoms with Crippen LogP contribution in [0.4, 0.5) is 0 Å². The lowest BCUT2D eigenvalue weighted by molar-refractivity contribution is 0.218. The van der Waals surface area contributed by atoms with Gasteiger partial charge in [-0.05, 0) is 39.0 Å². The zero-order valence-electron chi connectivity index (χ0n) is 11.0. The molecule has 0 saturated carbocycles. The van der Waals surface area contributed by atoms with E-state index in [1.807, 2.05) is 0 Å². The van der Waals surface area contributed by atoms with Crippen molar-refractivity contribution in [3.63, 3.8) is 0 Å². The van der Waals surface area contributed by atoms with E-state index < -0.39 is 0 Å². The fourth-order valence-corrected chi connectivity index (χ4v) is 2.18. The lowest BCUT2D eigenvalue weighted by atomic mass is 10.3. The van der Waals surface area contributed by atoms with Crippen LogP contribution in [-0.4, -0.2) is 75.2 Å². The monoisotopic (exact) mass is 243 g/mol. The van der Waals surface area contributed by atoms with Crippen LogP contribution in [0.25, 0.3) is 0 Å². The Labute approximate surface area is 105 Å². The lowest BCUT2D eigenvalue weighted by Crippen LogP contribution is -2.37. The van der Waals surface area contributed by atoms with Gasteiger partial charge in [-0.25, -0.2) is 0 Å². The van der Waals surface area contributed by atoms with Crippen LogP contribution in [0.15, 0.2) is 0 Å². The number of hydrogen-bond acceptors (Lipinski definition) is 5. The molecule has 0 atom stereocenters. The van der Waals surface area contributed by atoms with Crippen molar-refractivity contribution in [3.8, 4) is 0 Å². The quantitative estimate of drug-likeness (QED) is 0.552. The van der Waals surface area contributed by atoms with Gasteiger partial charge in [0.15, 0.2) is 0 Å². The lowest BCUT2D eigenvalue weighted by Gasteiger charge is -2.25. The van der Waals surface area contributed by atoms with Crippen LogP contribution in [0, 0.1) is 0 Å². The van der Waals surface area contributed by atoms with Gasteiger partial charge in [-0.1, -0.05) is 0 Å².